The molecule has 0 aliphatic heterocycles. The number of aromatic nitrogens is 2. The lowest BCUT2D eigenvalue weighted by Gasteiger charge is -2.25. The summed E-state index contributed by atoms with van der Waals surface area (Å²) in [6, 6.07) is 13.9. The lowest BCUT2D eigenvalue weighted by Crippen LogP contribution is -2.31. The Morgan fingerprint density at radius 1 is 1.09 bits per heavy atom. The van der Waals surface area contributed by atoms with Crippen molar-refractivity contribution in [1.29, 1.82) is 0 Å². The zero-order chi connectivity index (χ0) is 22.7. The third-order valence-corrected chi connectivity index (χ3v) is 5.94. The minimum Gasteiger partial charge on any atom is -0.507 e. The molecule has 1 aliphatic carbocycles. The van der Waals surface area contributed by atoms with E-state index in [1.54, 1.807) is 24.3 Å². The number of hydrogen-bond donors (Lipinski definition) is 3. The normalized spacial score (nSPS) is 13.4. The van der Waals surface area contributed by atoms with Crippen molar-refractivity contribution in [1.82, 2.24) is 15.1 Å². The van der Waals surface area contributed by atoms with Gasteiger partial charge in [-0.3, -0.25) is 4.79 Å². The third kappa shape index (κ3) is 4.37. The summed E-state index contributed by atoms with van der Waals surface area (Å²) < 4.78 is 1.41. The molecule has 4 rings (SSSR count). The minimum atomic E-state index is -0.278. The van der Waals surface area contributed by atoms with E-state index in [1.165, 1.54) is 16.3 Å². The Hall–Kier alpha value is -3.61. The number of nitrogens with zero attached hydrogens (tertiary/aromatic N) is 2. The molecule has 2 amide bonds. The van der Waals surface area contributed by atoms with Crippen LogP contribution in [0, 0.1) is 0 Å². The maximum atomic E-state index is 12.7. The quantitative estimate of drug-likeness (QED) is 0.482. The lowest BCUT2D eigenvalue weighted by atomic mass is 9.82. The van der Waals surface area contributed by atoms with Gasteiger partial charge in [0.1, 0.15) is 5.75 Å². The third-order valence-electron chi connectivity index (χ3n) is 5.94. The molecule has 0 bridgehead atoms. The Labute approximate surface area is 187 Å². The molecule has 0 saturated heterocycles. The average molecular weight is 433 g/mol. The SMILES string of the molecule is CCNC(=O)n1nc(-c2cc(NC(=O)c3ccc(CC)cc3)ccc2O)cc1C1CCC1. The van der Waals surface area contributed by atoms with Crippen LogP contribution < -0.4 is 10.6 Å². The van der Waals surface area contributed by atoms with Crippen LogP contribution in [0.25, 0.3) is 11.3 Å². The van der Waals surface area contributed by atoms with Crippen LogP contribution in [0.5, 0.6) is 5.75 Å². The topological polar surface area (TPSA) is 96.3 Å². The Morgan fingerprint density at radius 2 is 1.84 bits per heavy atom. The van der Waals surface area contributed by atoms with E-state index >= 15 is 0 Å². The van der Waals surface area contributed by atoms with Crippen molar-refractivity contribution in [2.75, 3.05) is 11.9 Å². The van der Waals surface area contributed by atoms with E-state index in [4.69, 9.17) is 0 Å². The maximum Gasteiger partial charge on any atom is 0.342 e. The monoisotopic (exact) mass is 432 g/mol. The molecule has 7 heteroatoms. The van der Waals surface area contributed by atoms with Gasteiger partial charge in [-0.1, -0.05) is 25.5 Å². The number of aryl methyl sites for hydroxylation is 1. The number of anilines is 1. The van der Waals surface area contributed by atoms with Crippen molar-refractivity contribution >= 4 is 17.6 Å². The van der Waals surface area contributed by atoms with E-state index in [-0.39, 0.29) is 23.6 Å². The number of carbonyl (C=O) groups excluding carboxylic acids is 2. The molecule has 7 nitrogen and oxygen atoms in total. The highest BCUT2D eigenvalue weighted by Gasteiger charge is 2.27. The molecule has 0 atom stereocenters. The van der Waals surface area contributed by atoms with Gasteiger partial charge in [0, 0.05) is 29.3 Å². The van der Waals surface area contributed by atoms with Gasteiger partial charge in [0.05, 0.1) is 11.4 Å². The van der Waals surface area contributed by atoms with Crippen LogP contribution in [0.2, 0.25) is 0 Å². The standard InChI is InChI=1S/C25H28N4O3/c1-3-16-8-10-18(11-9-16)24(31)27-19-12-13-23(30)20(14-19)21-15-22(17-6-5-7-17)29(28-21)25(32)26-4-2/h8-15,17,30H,3-7H2,1-2H3,(H,26,32)(H,27,31). The molecule has 166 valence electrons. The fraction of sp³-hybridized carbons (Fsp3) is 0.320. The Morgan fingerprint density at radius 3 is 2.47 bits per heavy atom. The number of phenolic OH excluding ortho intramolecular Hbond substituents is 1. The summed E-state index contributed by atoms with van der Waals surface area (Å²) >= 11 is 0. The second-order valence-corrected chi connectivity index (χ2v) is 8.07. The number of benzene rings is 2. The van der Waals surface area contributed by atoms with E-state index in [0.29, 0.717) is 29.1 Å². The molecule has 0 spiro atoms. The van der Waals surface area contributed by atoms with Gasteiger partial charge >= 0.3 is 6.03 Å². The average Bonchev–Trinajstić information content (AvgIpc) is 3.18. The van der Waals surface area contributed by atoms with E-state index in [2.05, 4.69) is 22.7 Å². The fourth-order valence-corrected chi connectivity index (χ4v) is 3.82. The molecular formula is C25H28N4O3. The Balaban J connectivity index is 1.62. The van der Waals surface area contributed by atoms with Crippen LogP contribution in [-0.4, -0.2) is 33.4 Å². The van der Waals surface area contributed by atoms with Crippen LogP contribution in [0.4, 0.5) is 10.5 Å². The van der Waals surface area contributed by atoms with Crippen LogP contribution in [0.15, 0.2) is 48.5 Å². The highest BCUT2D eigenvalue weighted by atomic mass is 16.3. The van der Waals surface area contributed by atoms with Gasteiger partial charge in [-0.05, 0) is 68.1 Å². The van der Waals surface area contributed by atoms with Crippen LogP contribution >= 0.6 is 0 Å². The molecule has 0 unspecified atom stereocenters. The van der Waals surface area contributed by atoms with Crippen molar-refractivity contribution in [3.8, 4) is 17.0 Å². The van der Waals surface area contributed by atoms with E-state index in [0.717, 1.165) is 31.4 Å². The van der Waals surface area contributed by atoms with Gasteiger partial charge in [0.25, 0.3) is 5.91 Å². The van der Waals surface area contributed by atoms with Crippen LogP contribution in [0.1, 0.15) is 60.6 Å². The smallest absolute Gasteiger partial charge is 0.342 e. The molecule has 1 heterocycles. The molecule has 1 saturated carbocycles. The second-order valence-electron chi connectivity index (χ2n) is 8.07. The van der Waals surface area contributed by atoms with Crippen molar-refractivity contribution < 1.29 is 14.7 Å². The first kappa shape index (κ1) is 21.6. The molecule has 1 fully saturated rings. The highest BCUT2D eigenvalue weighted by Crippen LogP contribution is 2.39. The molecule has 2 aromatic carbocycles. The van der Waals surface area contributed by atoms with Crippen LogP contribution in [0.3, 0.4) is 0 Å². The van der Waals surface area contributed by atoms with Crippen molar-refractivity contribution in [2.24, 2.45) is 0 Å². The summed E-state index contributed by atoms with van der Waals surface area (Å²) in [4.78, 5) is 25.2. The molecule has 1 aliphatic rings. The van der Waals surface area contributed by atoms with Crippen LogP contribution in [-0.2, 0) is 6.42 Å². The van der Waals surface area contributed by atoms with Gasteiger partial charge in [-0.15, -0.1) is 0 Å². The van der Waals surface area contributed by atoms with Gasteiger partial charge in [-0.2, -0.15) is 9.78 Å². The zero-order valence-electron chi connectivity index (χ0n) is 18.4. The number of phenols is 1. The number of hydrogen-bond acceptors (Lipinski definition) is 4. The summed E-state index contributed by atoms with van der Waals surface area (Å²) in [7, 11) is 0. The van der Waals surface area contributed by atoms with E-state index < -0.39 is 0 Å². The number of carbonyl (C=O) groups is 2. The van der Waals surface area contributed by atoms with Gasteiger partial charge in [-0.25, -0.2) is 4.79 Å². The predicted molar refractivity (Wildman–Crippen MR) is 124 cm³/mol. The molecule has 3 aromatic rings. The van der Waals surface area contributed by atoms with Gasteiger partial charge in [0.2, 0.25) is 0 Å². The summed E-state index contributed by atoms with van der Waals surface area (Å²) in [5.74, 6) is 0.0956. The number of rotatable bonds is 6. The Kier molecular flexibility index (Phi) is 6.25. The maximum absolute atomic E-state index is 12.7. The molecule has 32 heavy (non-hydrogen) atoms. The van der Waals surface area contributed by atoms with Gasteiger partial charge in [0.15, 0.2) is 0 Å². The van der Waals surface area contributed by atoms with E-state index in [9.17, 15) is 14.7 Å². The number of nitrogens with one attached hydrogen (secondary N) is 2. The molecule has 1 aromatic heterocycles. The van der Waals surface area contributed by atoms with Crippen molar-refractivity contribution in [3.63, 3.8) is 0 Å². The van der Waals surface area contributed by atoms with Gasteiger partial charge < -0.3 is 15.7 Å². The first-order valence-corrected chi connectivity index (χ1v) is 11.1. The zero-order valence-corrected chi connectivity index (χ0v) is 18.4. The first-order valence-electron chi connectivity index (χ1n) is 11.1. The lowest BCUT2D eigenvalue weighted by molar-refractivity contribution is 0.102. The predicted octanol–water partition coefficient (Wildman–Crippen LogP) is 4.92. The summed E-state index contributed by atoms with van der Waals surface area (Å²) in [6.07, 6.45) is 4.08. The first-order chi connectivity index (χ1) is 15.5. The van der Waals surface area contributed by atoms with E-state index in [1.807, 2.05) is 25.1 Å². The highest BCUT2D eigenvalue weighted by molar-refractivity contribution is 6.04. The van der Waals surface area contributed by atoms with Crippen molar-refractivity contribution in [3.05, 3.63) is 65.4 Å². The number of aromatic hydroxyl groups is 1. The molecule has 3 N–H and O–H groups in total. The van der Waals surface area contributed by atoms with Crippen molar-refractivity contribution in [2.45, 2.75) is 45.4 Å². The number of amides is 2. The fourth-order valence-electron chi connectivity index (χ4n) is 3.82. The minimum absolute atomic E-state index is 0.0380. The Bertz CT molecular complexity index is 1130. The summed E-state index contributed by atoms with van der Waals surface area (Å²) in [6.45, 7) is 4.43. The molecular weight excluding hydrogens is 404 g/mol. The summed E-state index contributed by atoms with van der Waals surface area (Å²) in [5.41, 5.74) is 4.08. The summed E-state index contributed by atoms with van der Waals surface area (Å²) in [5, 5.41) is 20.6. The second kappa shape index (κ2) is 9.26. The molecule has 0 radical (unpaired) electrons. The largest absolute Gasteiger partial charge is 0.507 e.